The Balaban J connectivity index is 1.57. The van der Waals surface area contributed by atoms with E-state index in [-0.39, 0.29) is 17.9 Å². The first-order valence-electron chi connectivity index (χ1n) is 11.0. The van der Waals surface area contributed by atoms with Gasteiger partial charge >= 0.3 is 0 Å². The highest BCUT2D eigenvalue weighted by Gasteiger charge is 2.36. The Labute approximate surface area is 176 Å². The van der Waals surface area contributed by atoms with E-state index in [2.05, 4.69) is 24.4 Å². The predicted molar refractivity (Wildman–Crippen MR) is 117 cm³/mol. The van der Waals surface area contributed by atoms with Crippen molar-refractivity contribution in [3.8, 4) is 0 Å². The third-order valence-electron chi connectivity index (χ3n) is 6.05. The molecule has 3 aromatic rings. The van der Waals surface area contributed by atoms with Gasteiger partial charge < -0.3 is 14.6 Å². The van der Waals surface area contributed by atoms with Gasteiger partial charge in [-0.25, -0.2) is 4.98 Å². The summed E-state index contributed by atoms with van der Waals surface area (Å²) in [5.74, 6) is 0.506. The van der Waals surface area contributed by atoms with Crippen LogP contribution in [0.3, 0.4) is 0 Å². The number of rotatable bonds is 9. The van der Waals surface area contributed by atoms with Crippen LogP contribution in [0, 0.1) is 5.92 Å². The molecule has 1 aliphatic heterocycles. The number of hydrogen-bond donors (Lipinski definition) is 1. The minimum atomic E-state index is -0.200. The minimum Gasteiger partial charge on any atom is -0.438 e. The second-order valence-electron chi connectivity index (χ2n) is 8.13. The molecule has 1 fully saturated rings. The SMILES string of the molecule is CCCCC[C@H](CNC=O)C(=O)N1CCC[C@H]1c1nc2cc3ccccc3cc2o1. The summed E-state index contributed by atoms with van der Waals surface area (Å²) >= 11 is 0. The lowest BCUT2D eigenvalue weighted by Gasteiger charge is -2.27. The van der Waals surface area contributed by atoms with Gasteiger partial charge in [0.2, 0.25) is 18.2 Å². The Morgan fingerprint density at radius 2 is 2.10 bits per heavy atom. The molecule has 1 aromatic heterocycles. The zero-order valence-electron chi connectivity index (χ0n) is 17.5. The molecule has 1 N–H and O–H groups in total. The predicted octanol–water partition coefficient (Wildman–Crippen LogP) is 4.59. The quantitative estimate of drug-likeness (QED) is 0.416. The van der Waals surface area contributed by atoms with Gasteiger partial charge in [0.25, 0.3) is 0 Å². The lowest BCUT2D eigenvalue weighted by molar-refractivity contribution is -0.137. The monoisotopic (exact) mass is 407 g/mol. The van der Waals surface area contributed by atoms with Gasteiger partial charge in [0.05, 0.1) is 5.92 Å². The van der Waals surface area contributed by atoms with Gasteiger partial charge in [-0.15, -0.1) is 0 Å². The highest BCUT2D eigenvalue weighted by atomic mass is 16.3. The number of benzene rings is 2. The van der Waals surface area contributed by atoms with E-state index in [1.54, 1.807) is 0 Å². The van der Waals surface area contributed by atoms with Gasteiger partial charge in [0.1, 0.15) is 11.6 Å². The van der Waals surface area contributed by atoms with Crippen LogP contribution in [-0.4, -0.2) is 35.3 Å². The van der Waals surface area contributed by atoms with E-state index >= 15 is 0 Å². The summed E-state index contributed by atoms with van der Waals surface area (Å²) in [5, 5.41) is 4.95. The van der Waals surface area contributed by atoms with E-state index in [1.165, 1.54) is 0 Å². The summed E-state index contributed by atoms with van der Waals surface area (Å²) in [4.78, 5) is 30.8. The molecular weight excluding hydrogens is 378 g/mol. The normalized spacial score (nSPS) is 17.5. The van der Waals surface area contributed by atoms with E-state index < -0.39 is 0 Å². The van der Waals surface area contributed by atoms with Crippen molar-refractivity contribution >= 4 is 34.2 Å². The van der Waals surface area contributed by atoms with Crippen LogP contribution < -0.4 is 5.32 Å². The van der Waals surface area contributed by atoms with Crippen molar-refractivity contribution in [2.24, 2.45) is 5.92 Å². The second kappa shape index (κ2) is 9.28. The Morgan fingerprint density at radius 3 is 2.87 bits per heavy atom. The molecule has 0 spiro atoms. The highest BCUT2D eigenvalue weighted by molar-refractivity contribution is 5.94. The number of amides is 2. The highest BCUT2D eigenvalue weighted by Crippen LogP contribution is 2.35. The number of aromatic nitrogens is 1. The van der Waals surface area contributed by atoms with Gasteiger partial charge in [-0.1, -0.05) is 50.5 Å². The van der Waals surface area contributed by atoms with Crippen LogP contribution in [0.1, 0.15) is 57.4 Å². The minimum absolute atomic E-state index is 0.0929. The van der Waals surface area contributed by atoms with E-state index in [0.717, 1.165) is 60.4 Å². The third-order valence-corrected chi connectivity index (χ3v) is 6.05. The zero-order valence-corrected chi connectivity index (χ0v) is 17.5. The number of likely N-dealkylation sites (tertiary alicyclic amines) is 1. The van der Waals surface area contributed by atoms with Gasteiger partial charge in [0.15, 0.2) is 5.58 Å². The summed E-state index contributed by atoms with van der Waals surface area (Å²) < 4.78 is 6.12. The first kappa shape index (κ1) is 20.4. The Bertz CT molecular complexity index is 976. The van der Waals surface area contributed by atoms with Crippen molar-refractivity contribution in [3.63, 3.8) is 0 Å². The van der Waals surface area contributed by atoms with Crippen molar-refractivity contribution in [2.45, 2.75) is 51.5 Å². The first-order valence-corrected chi connectivity index (χ1v) is 11.0. The molecule has 0 aliphatic carbocycles. The molecule has 2 heterocycles. The Hall–Kier alpha value is -2.89. The van der Waals surface area contributed by atoms with Gasteiger partial charge in [-0.2, -0.15) is 0 Å². The van der Waals surface area contributed by atoms with Crippen molar-refractivity contribution < 1.29 is 14.0 Å². The molecular formula is C24H29N3O3. The lowest BCUT2D eigenvalue weighted by atomic mass is 9.99. The summed E-state index contributed by atoms with van der Waals surface area (Å²) in [6.07, 6.45) is 6.42. The number of carbonyl (C=O) groups excluding carboxylic acids is 2. The van der Waals surface area contributed by atoms with E-state index in [0.29, 0.717) is 25.4 Å². The molecule has 0 radical (unpaired) electrons. The molecule has 6 nitrogen and oxygen atoms in total. The molecule has 158 valence electrons. The Morgan fingerprint density at radius 1 is 1.30 bits per heavy atom. The molecule has 0 bridgehead atoms. The molecule has 0 unspecified atom stereocenters. The molecule has 2 aromatic carbocycles. The largest absolute Gasteiger partial charge is 0.438 e. The first-order chi connectivity index (χ1) is 14.7. The number of carbonyl (C=O) groups is 2. The van der Waals surface area contributed by atoms with Gasteiger partial charge in [-0.3, -0.25) is 9.59 Å². The fraction of sp³-hybridized carbons (Fsp3) is 0.458. The molecule has 30 heavy (non-hydrogen) atoms. The average Bonchev–Trinajstić information content (AvgIpc) is 3.40. The number of fused-ring (bicyclic) bond motifs is 2. The van der Waals surface area contributed by atoms with Crippen LogP contribution >= 0.6 is 0 Å². The van der Waals surface area contributed by atoms with E-state index in [9.17, 15) is 9.59 Å². The van der Waals surface area contributed by atoms with Crippen LogP contribution in [-0.2, 0) is 9.59 Å². The fourth-order valence-electron chi connectivity index (χ4n) is 4.44. The number of nitrogens with zero attached hydrogens (tertiary/aromatic N) is 2. The number of nitrogens with one attached hydrogen (secondary N) is 1. The van der Waals surface area contributed by atoms with Crippen molar-refractivity contribution in [2.75, 3.05) is 13.1 Å². The molecule has 2 amide bonds. The van der Waals surface area contributed by atoms with Crippen LogP contribution in [0.4, 0.5) is 0 Å². The second-order valence-corrected chi connectivity index (χ2v) is 8.13. The molecule has 1 aliphatic rings. The van der Waals surface area contributed by atoms with Crippen molar-refractivity contribution in [1.29, 1.82) is 0 Å². The molecule has 1 saturated heterocycles. The maximum Gasteiger partial charge on any atom is 0.228 e. The molecule has 0 saturated carbocycles. The number of oxazole rings is 1. The summed E-state index contributed by atoms with van der Waals surface area (Å²) in [7, 11) is 0. The zero-order chi connectivity index (χ0) is 20.9. The standard InChI is InChI=1S/C24H29N3O3/c1-2-3-4-10-19(15-25-16-28)24(29)27-12-7-11-21(27)23-26-20-13-17-8-5-6-9-18(17)14-22(20)30-23/h5-6,8-9,13-14,16,19,21H,2-4,7,10-12,15H2,1H3,(H,25,28)/t19-,21+/m1/s1. The molecule has 2 atom stereocenters. The topological polar surface area (TPSA) is 75.4 Å². The molecule has 6 heteroatoms. The lowest BCUT2D eigenvalue weighted by Crippen LogP contribution is -2.40. The fourth-order valence-corrected chi connectivity index (χ4v) is 4.44. The van der Waals surface area contributed by atoms with Crippen molar-refractivity contribution in [1.82, 2.24) is 15.2 Å². The maximum absolute atomic E-state index is 13.3. The molecule has 4 rings (SSSR count). The van der Waals surface area contributed by atoms with Gasteiger partial charge in [0, 0.05) is 13.1 Å². The summed E-state index contributed by atoms with van der Waals surface area (Å²) in [6, 6.07) is 12.1. The van der Waals surface area contributed by atoms with E-state index in [1.807, 2.05) is 29.2 Å². The third kappa shape index (κ3) is 4.18. The number of hydrogen-bond acceptors (Lipinski definition) is 4. The number of unbranched alkanes of at least 4 members (excludes halogenated alkanes) is 2. The van der Waals surface area contributed by atoms with Crippen LogP contribution in [0.2, 0.25) is 0 Å². The van der Waals surface area contributed by atoms with Crippen LogP contribution in [0.15, 0.2) is 40.8 Å². The maximum atomic E-state index is 13.3. The smallest absolute Gasteiger partial charge is 0.228 e. The Kier molecular flexibility index (Phi) is 6.31. The van der Waals surface area contributed by atoms with Crippen LogP contribution in [0.5, 0.6) is 0 Å². The van der Waals surface area contributed by atoms with E-state index in [4.69, 9.17) is 9.40 Å². The van der Waals surface area contributed by atoms with Crippen LogP contribution in [0.25, 0.3) is 21.9 Å². The summed E-state index contributed by atoms with van der Waals surface area (Å²) in [6.45, 7) is 3.23. The average molecular weight is 408 g/mol. The van der Waals surface area contributed by atoms with Crippen molar-refractivity contribution in [3.05, 3.63) is 42.3 Å². The van der Waals surface area contributed by atoms with Gasteiger partial charge in [-0.05, 0) is 42.2 Å². The summed E-state index contributed by atoms with van der Waals surface area (Å²) in [5.41, 5.74) is 1.58.